The summed E-state index contributed by atoms with van der Waals surface area (Å²) in [6.45, 7) is 13.2. The first-order valence-corrected chi connectivity index (χ1v) is 19.1. The molecule has 0 saturated carbocycles. The number of ether oxygens (including phenoxy) is 1. The minimum absolute atomic E-state index is 0. The Balaban J connectivity index is 0.00000481. The van der Waals surface area contributed by atoms with E-state index < -0.39 is 0 Å². The van der Waals surface area contributed by atoms with Crippen LogP contribution in [0.1, 0.15) is 87.4 Å². The number of aromatic nitrogens is 4. The van der Waals surface area contributed by atoms with Gasteiger partial charge in [-0.25, -0.2) is 4.98 Å². The number of benzene rings is 4. The molecule has 0 bridgehead atoms. The van der Waals surface area contributed by atoms with Gasteiger partial charge in [0, 0.05) is 34.5 Å². The summed E-state index contributed by atoms with van der Waals surface area (Å²) in [5.74, 6) is 2.93. The van der Waals surface area contributed by atoms with Gasteiger partial charge in [0.1, 0.15) is 5.82 Å². The first kappa shape index (κ1) is 38.3. The third-order valence-corrected chi connectivity index (χ3v) is 10.1. The standard InChI is InChI=1S/C47H50N4O.Pt/c1-7-8-10-17-37-27-39(51-35(6)47(34(5)49-51)38-18-11-9-12-19-38)30-41(28-37)52-40-21-22-42-43-29-36(16-14-13-15-32(2)3)20-23-44(43)50(45(42)31-40)46-26-33(4)24-25-48-46;/h9,11-12,18-29,32H,7-8,10,13-17H2,1-6H3;/q-2;+2. The Morgan fingerprint density at radius 2 is 1.55 bits per heavy atom. The summed E-state index contributed by atoms with van der Waals surface area (Å²) in [5.41, 5.74) is 11.1. The minimum Gasteiger partial charge on any atom is -0.509 e. The van der Waals surface area contributed by atoms with E-state index in [0.717, 1.165) is 75.6 Å². The van der Waals surface area contributed by atoms with E-state index in [9.17, 15) is 0 Å². The molecule has 3 heterocycles. The monoisotopic (exact) mass is 881 g/mol. The molecule has 0 aliphatic heterocycles. The summed E-state index contributed by atoms with van der Waals surface area (Å²) in [7, 11) is 0. The maximum absolute atomic E-state index is 6.69. The van der Waals surface area contributed by atoms with E-state index in [1.807, 2.05) is 29.1 Å². The van der Waals surface area contributed by atoms with Crippen LogP contribution in [0.2, 0.25) is 0 Å². The summed E-state index contributed by atoms with van der Waals surface area (Å²) in [5, 5.41) is 7.37. The molecule has 53 heavy (non-hydrogen) atoms. The third kappa shape index (κ3) is 8.52. The van der Waals surface area contributed by atoms with E-state index in [0.29, 0.717) is 11.5 Å². The smallest absolute Gasteiger partial charge is 0.509 e. The zero-order valence-corrected chi connectivity index (χ0v) is 34.2. The van der Waals surface area contributed by atoms with Gasteiger partial charge in [-0.2, -0.15) is 16.7 Å². The van der Waals surface area contributed by atoms with Crippen LogP contribution in [0.3, 0.4) is 0 Å². The number of hydrogen-bond acceptors (Lipinski definition) is 3. The van der Waals surface area contributed by atoms with Crippen LogP contribution in [0.15, 0.2) is 91.1 Å². The van der Waals surface area contributed by atoms with E-state index in [-0.39, 0.29) is 21.1 Å². The van der Waals surface area contributed by atoms with Crippen LogP contribution in [-0.4, -0.2) is 19.3 Å². The van der Waals surface area contributed by atoms with Gasteiger partial charge in [0.2, 0.25) is 0 Å². The third-order valence-electron chi connectivity index (χ3n) is 10.1. The predicted octanol–water partition coefficient (Wildman–Crippen LogP) is 12.4. The number of pyridine rings is 1. The number of rotatable bonds is 14. The van der Waals surface area contributed by atoms with E-state index in [1.165, 1.54) is 54.2 Å². The van der Waals surface area contributed by atoms with Crippen molar-refractivity contribution in [2.75, 3.05) is 0 Å². The zero-order chi connectivity index (χ0) is 36.2. The Kier molecular flexibility index (Phi) is 12.4. The van der Waals surface area contributed by atoms with Crippen molar-refractivity contribution in [3.63, 3.8) is 0 Å². The fraction of sp³-hybridized carbons (Fsp3) is 0.319. The Bertz CT molecular complexity index is 2320. The molecular weight excluding hydrogens is 832 g/mol. The average Bonchev–Trinajstić information content (AvgIpc) is 3.62. The fourth-order valence-corrected chi connectivity index (χ4v) is 7.44. The first-order valence-electron chi connectivity index (χ1n) is 19.1. The van der Waals surface area contributed by atoms with Gasteiger partial charge in [-0.15, -0.1) is 35.7 Å². The Labute approximate surface area is 329 Å². The topological polar surface area (TPSA) is 44.9 Å². The summed E-state index contributed by atoms with van der Waals surface area (Å²) < 4.78 is 10.9. The molecule has 5 nitrogen and oxygen atoms in total. The Morgan fingerprint density at radius 1 is 0.755 bits per heavy atom. The summed E-state index contributed by atoms with van der Waals surface area (Å²) >= 11 is 0. The van der Waals surface area contributed by atoms with Crippen LogP contribution < -0.4 is 4.74 Å². The van der Waals surface area contributed by atoms with Crippen LogP contribution in [-0.2, 0) is 33.9 Å². The van der Waals surface area contributed by atoms with Crippen molar-refractivity contribution in [3.05, 3.63) is 131 Å². The van der Waals surface area contributed by atoms with Crippen molar-refractivity contribution in [3.8, 4) is 34.1 Å². The Morgan fingerprint density at radius 3 is 2.32 bits per heavy atom. The van der Waals surface area contributed by atoms with E-state index in [1.54, 1.807) is 0 Å². The molecule has 0 aliphatic carbocycles. The van der Waals surface area contributed by atoms with Crippen LogP contribution >= 0.6 is 0 Å². The second-order valence-electron chi connectivity index (χ2n) is 14.7. The van der Waals surface area contributed by atoms with Crippen LogP contribution in [0.4, 0.5) is 0 Å². The number of unbranched alkanes of at least 4 members (excludes halogenated alkanes) is 3. The molecule has 0 atom stereocenters. The fourth-order valence-electron chi connectivity index (χ4n) is 7.44. The summed E-state index contributed by atoms with van der Waals surface area (Å²) in [4.78, 5) is 4.81. The van der Waals surface area contributed by atoms with Gasteiger partial charge < -0.3 is 9.30 Å². The SMILES string of the molecule is CCCCCc1cc(Oc2[c-]c3c(cc2)c2cc(CCCCC(C)C)ccc2n3-c2cc(C)ccn2)[c-]c(-n2nc(C)c(-c3ccccc3)c2C)c1.[Pt+2]. The second kappa shape index (κ2) is 17.1. The van der Waals surface area contributed by atoms with Gasteiger partial charge in [0.05, 0.1) is 5.69 Å². The van der Waals surface area contributed by atoms with Crippen LogP contribution in [0.5, 0.6) is 11.5 Å². The second-order valence-corrected chi connectivity index (χ2v) is 14.7. The zero-order valence-electron chi connectivity index (χ0n) is 31.9. The summed E-state index contributed by atoms with van der Waals surface area (Å²) in [6, 6.07) is 37.4. The molecular formula is C47H50N4OPt. The Hall–Kier alpha value is -4.47. The molecule has 0 fully saturated rings. The number of nitrogens with zero attached hydrogens (tertiary/aromatic N) is 4. The largest absolute Gasteiger partial charge is 2.00 e. The molecule has 7 aromatic rings. The molecule has 0 aliphatic rings. The molecule has 0 N–H and O–H groups in total. The van der Waals surface area contributed by atoms with E-state index in [4.69, 9.17) is 14.8 Å². The molecule has 0 radical (unpaired) electrons. The molecule has 3 aromatic heterocycles. The first-order chi connectivity index (χ1) is 25.3. The number of fused-ring (bicyclic) bond motifs is 3. The number of hydrogen-bond donors (Lipinski definition) is 0. The van der Waals surface area contributed by atoms with Crippen LogP contribution in [0.25, 0.3) is 44.4 Å². The predicted molar refractivity (Wildman–Crippen MR) is 215 cm³/mol. The summed E-state index contributed by atoms with van der Waals surface area (Å²) in [6.07, 6.45) is 11.1. The molecule has 7 rings (SSSR count). The normalized spacial score (nSPS) is 11.5. The van der Waals surface area contributed by atoms with Gasteiger partial charge in [-0.05, 0) is 85.5 Å². The van der Waals surface area contributed by atoms with Crippen molar-refractivity contribution in [1.29, 1.82) is 0 Å². The van der Waals surface area contributed by atoms with Crippen molar-refractivity contribution in [1.82, 2.24) is 19.3 Å². The molecule has 6 heteroatoms. The van der Waals surface area contributed by atoms with Crippen molar-refractivity contribution in [2.24, 2.45) is 5.92 Å². The van der Waals surface area contributed by atoms with E-state index >= 15 is 0 Å². The van der Waals surface area contributed by atoms with Crippen molar-refractivity contribution < 1.29 is 25.8 Å². The quantitative estimate of drug-likeness (QED) is 0.0807. The maximum atomic E-state index is 6.69. The molecule has 0 saturated heterocycles. The maximum Gasteiger partial charge on any atom is 2.00 e. The minimum atomic E-state index is 0. The van der Waals surface area contributed by atoms with Gasteiger partial charge >= 0.3 is 21.1 Å². The molecule has 0 amide bonds. The van der Waals surface area contributed by atoms with E-state index in [2.05, 4.69) is 125 Å². The molecule has 0 spiro atoms. The van der Waals surface area contributed by atoms with Crippen LogP contribution in [0, 0.1) is 38.8 Å². The van der Waals surface area contributed by atoms with Crippen molar-refractivity contribution >= 4 is 21.8 Å². The van der Waals surface area contributed by atoms with Crippen molar-refractivity contribution in [2.45, 2.75) is 92.9 Å². The van der Waals surface area contributed by atoms with Gasteiger partial charge in [-0.3, -0.25) is 4.68 Å². The van der Waals surface area contributed by atoms with Gasteiger partial charge in [0.15, 0.2) is 0 Å². The average molecular weight is 882 g/mol. The molecule has 274 valence electrons. The molecule has 0 unspecified atom stereocenters. The molecule has 4 aromatic carbocycles. The van der Waals surface area contributed by atoms with Gasteiger partial charge in [-0.1, -0.05) is 107 Å². The van der Waals surface area contributed by atoms with Gasteiger partial charge in [0.25, 0.3) is 0 Å². The number of aryl methyl sites for hydroxylation is 4.